The molecule has 1 saturated heterocycles. The number of carbonyl (C=O) groups excluding carboxylic acids is 2. The highest BCUT2D eigenvalue weighted by Crippen LogP contribution is 2.20. The summed E-state index contributed by atoms with van der Waals surface area (Å²) in [7, 11) is 0. The predicted octanol–water partition coefficient (Wildman–Crippen LogP) is 1.49. The summed E-state index contributed by atoms with van der Waals surface area (Å²) in [6, 6.07) is 6.79. The molecule has 0 radical (unpaired) electrons. The van der Waals surface area contributed by atoms with Crippen molar-refractivity contribution in [1.82, 2.24) is 10.2 Å². The lowest BCUT2D eigenvalue weighted by Crippen LogP contribution is -2.44. The maximum atomic E-state index is 12.1. The van der Waals surface area contributed by atoms with E-state index in [1.165, 1.54) is 0 Å². The molecule has 1 aromatic carbocycles. The lowest BCUT2D eigenvalue weighted by Gasteiger charge is -2.22. The lowest BCUT2D eigenvalue weighted by atomic mass is 10.3. The first-order chi connectivity index (χ1) is 9.58. The van der Waals surface area contributed by atoms with Crippen LogP contribution in [-0.2, 0) is 9.59 Å². The third-order valence-electron chi connectivity index (χ3n) is 3.22. The topological polar surface area (TPSA) is 61.4 Å². The minimum absolute atomic E-state index is 0.0446. The molecule has 108 valence electrons. The average molecular weight is 296 g/mol. The van der Waals surface area contributed by atoms with Gasteiger partial charge in [-0.1, -0.05) is 23.7 Å². The number of benzene rings is 1. The minimum atomic E-state index is -0.245. The Morgan fingerprint density at radius 1 is 1.50 bits per heavy atom. The molecule has 0 spiro atoms. The summed E-state index contributed by atoms with van der Waals surface area (Å²) in [6.07, 6.45) is 0.843. The molecule has 2 N–H and O–H groups in total. The quantitative estimate of drug-likeness (QED) is 0.888. The molecule has 1 atom stereocenters. The molecule has 6 heteroatoms. The van der Waals surface area contributed by atoms with Gasteiger partial charge >= 0.3 is 0 Å². The standard InChI is InChI=1S/C14H18ClN3O2/c1-10-14(20)18(8-4-7-16-10)9-13(19)17-12-6-3-2-5-11(12)15/h2-3,5-6,10,16H,4,7-9H2,1H3,(H,17,19). The van der Waals surface area contributed by atoms with E-state index in [4.69, 9.17) is 11.6 Å². The number of halogens is 1. The van der Waals surface area contributed by atoms with E-state index in [0.29, 0.717) is 17.3 Å². The van der Waals surface area contributed by atoms with Crippen molar-refractivity contribution in [2.24, 2.45) is 0 Å². The van der Waals surface area contributed by atoms with E-state index < -0.39 is 0 Å². The van der Waals surface area contributed by atoms with Gasteiger partial charge in [0.15, 0.2) is 0 Å². The molecule has 1 aliphatic heterocycles. The Morgan fingerprint density at radius 3 is 3.00 bits per heavy atom. The normalized spacial score (nSPS) is 19.6. The molecular formula is C14H18ClN3O2. The molecule has 1 heterocycles. The summed E-state index contributed by atoms with van der Waals surface area (Å²) in [4.78, 5) is 25.7. The predicted molar refractivity (Wildman–Crippen MR) is 78.7 cm³/mol. The number of rotatable bonds is 3. The molecule has 2 amide bonds. The van der Waals surface area contributed by atoms with Crippen LogP contribution in [0, 0.1) is 0 Å². The molecular weight excluding hydrogens is 278 g/mol. The van der Waals surface area contributed by atoms with Crippen molar-refractivity contribution in [2.45, 2.75) is 19.4 Å². The number of amides is 2. The molecule has 1 fully saturated rings. The van der Waals surface area contributed by atoms with Gasteiger partial charge in [0, 0.05) is 6.54 Å². The molecule has 1 unspecified atom stereocenters. The van der Waals surface area contributed by atoms with Crippen LogP contribution in [-0.4, -0.2) is 42.4 Å². The van der Waals surface area contributed by atoms with E-state index in [0.717, 1.165) is 13.0 Å². The van der Waals surface area contributed by atoms with Gasteiger partial charge in [-0.05, 0) is 32.0 Å². The van der Waals surface area contributed by atoms with E-state index in [-0.39, 0.29) is 24.4 Å². The van der Waals surface area contributed by atoms with Gasteiger partial charge < -0.3 is 15.5 Å². The largest absolute Gasteiger partial charge is 0.332 e. The summed E-state index contributed by atoms with van der Waals surface area (Å²) < 4.78 is 0. The van der Waals surface area contributed by atoms with Crippen LogP contribution in [0.15, 0.2) is 24.3 Å². The van der Waals surface area contributed by atoms with Crippen molar-refractivity contribution in [3.8, 4) is 0 Å². The Morgan fingerprint density at radius 2 is 2.25 bits per heavy atom. The number of para-hydroxylation sites is 1. The van der Waals surface area contributed by atoms with E-state index in [2.05, 4.69) is 10.6 Å². The van der Waals surface area contributed by atoms with Gasteiger partial charge in [-0.3, -0.25) is 9.59 Å². The second-order valence-corrected chi connectivity index (χ2v) is 5.22. The fourth-order valence-electron chi connectivity index (χ4n) is 2.14. The molecule has 0 saturated carbocycles. The Bertz CT molecular complexity index is 507. The minimum Gasteiger partial charge on any atom is -0.332 e. The molecule has 0 bridgehead atoms. The van der Waals surface area contributed by atoms with Gasteiger partial charge in [-0.25, -0.2) is 0 Å². The zero-order valence-corrected chi connectivity index (χ0v) is 12.1. The van der Waals surface area contributed by atoms with Crippen LogP contribution in [0.25, 0.3) is 0 Å². The maximum Gasteiger partial charge on any atom is 0.244 e. The Kier molecular flexibility index (Phi) is 4.98. The monoisotopic (exact) mass is 295 g/mol. The van der Waals surface area contributed by atoms with Crippen LogP contribution in [0.3, 0.4) is 0 Å². The summed E-state index contributed by atoms with van der Waals surface area (Å²) in [6.45, 7) is 3.24. The molecule has 2 rings (SSSR count). The highest BCUT2D eigenvalue weighted by atomic mass is 35.5. The van der Waals surface area contributed by atoms with Crippen LogP contribution in [0.5, 0.6) is 0 Å². The first-order valence-electron chi connectivity index (χ1n) is 6.64. The number of nitrogens with zero attached hydrogens (tertiary/aromatic N) is 1. The Labute approximate surface area is 123 Å². The SMILES string of the molecule is CC1NCCCN(CC(=O)Nc2ccccc2Cl)C1=O. The van der Waals surface area contributed by atoms with Crippen LogP contribution >= 0.6 is 11.6 Å². The zero-order valence-electron chi connectivity index (χ0n) is 11.4. The zero-order chi connectivity index (χ0) is 14.5. The van der Waals surface area contributed by atoms with Crippen molar-refractivity contribution >= 4 is 29.1 Å². The average Bonchev–Trinajstić information content (AvgIpc) is 2.57. The molecule has 1 aliphatic rings. The van der Waals surface area contributed by atoms with E-state index in [1.54, 1.807) is 29.2 Å². The van der Waals surface area contributed by atoms with Gasteiger partial charge in [-0.15, -0.1) is 0 Å². The summed E-state index contributed by atoms with van der Waals surface area (Å²) >= 11 is 5.98. The Hall–Kier alpha value is -1.59. The third kappa shape index (κ3) is 3.71. The van der Waals surface area contributed by atoms with E-state index in [9.17, 15) is 9.59 Å². The lowest BCUT2D eigenvalue weighted by molar-refractivity contribution is -0.135. The van der Waals surface area contributed by atoms with Crippen LogP contribution in [0.4, 0.5) is 5.69 Å². The molecule has 1 aromatic rings. The van der Waals surface area contributed by atoms with Gasteiger partial charge in [0.05, 0.1) is 23.3 Å². The number of nitrogens with one attached hydrogen (secondary N) is 2. The van der Waals surface area contributed by atoms with Crippen LogP contribution < -0.4 is 10.6 Å². The van der Waals surface area contributed by atoms with Gasteiger partial charge in [0.2, 0.25) is 11.8 Å². The number of anilines is 1. The number of hydrogen-bond donors (Lipinski definition) is 2. The fraction of sp³-hybridized carbons (Fsp3) is 0.429. The van der Waals surface area contributed by atoms with Gasteiger partial charge in [-0.2, -0.15) is 0 Å². The first-order valence-corrected chi connectivity index (χ1v) is 7.02. The number of carbonyl (C=O) groups is 2. The number of hydrogen-bond acceptors (Lipinski definition) is 3. The highest BCUT2D eigenvalue weighted by Gasteiger charge is 2.24. The third-order valence-corrected chi connectivity index (χ3v) is 3.55. The molecule has 0 aliphatic carbocycles. The van der Waals surface area contributed by atoms with Crippen molar-refractivity contribution in [3.05, 3.63) is 29.3 Å². The second kappa shape index (κ2) is 6.72. The molecule has 20 heavy (non-hydrogen) atoms. The molecule has 0 aromatic heterocycles. The first kappa shape index (κ1) is 14.8. The summed E-state index contributed by atoms with van der Waals surface area (Å²) in [5.41, 5.74) is 0.563. The molecule has 5 nitrogen and oxygen atoms in total. The Balaban J connectivity index is 1.97. The summed E-state index contributed by atoms with van der Waals surface area (Å²) in [5, 5.41) is 6.32. The van der Waals surface area contributed by atoms with Crippen molar-refractivity contribution in [2.75, 3.05) is 25.0 Å². The van der Waals surface area contributed by atoms with Crippen LogP contribution in [0.2, 0.25) is 5.02 Å². The fourth-order valence-corrected chi connectivity index (χ4v) is 2.33. The summed E-state index contributed by atoms with van der Waals surface area (Å²) in [5.74, 6) is -0.280. The van der Waals surface area contributed by atoms with Gasteiger partial charge in [0.1, 0.15) is 0 Å². The smallest absolute Gasteiger partial charge is 0.244 e. The van der Waals surface area contributed by atoms with Gasteiger partial charge in [0.25, 0.3) is 0 Å². The second-order valence-electron chi connectivity index (χ2n) is 4.82. The van der Waals surface area contributed by atoms with Crippen molar-refractivity contribution in [1.29, 1.82) is 0 Å². The van der Waals surface area contributed by atoms with E-state index in [1.807, 2.05) is 6.92 Å². The van der Waals surface area contributed by atoms with E-state index >= 15 is 0 Å². The highest BCUT2D eigenvalue weighted by molar-refractivity contribution is 6.33. The van der Waals surface area contributed by atoms with Crippen molar-refractivity contribution in [3.63, 3.8) is 0 Å². The van der Waals surface area contributed by atoms with Crippen LogP contribution in [0.1, 0.15) is 13.3 Å². The van der Waals surface area contributed by atoms with Crippen molar-refractivity contribution < 1.29 is 9.59 Å². The maximum absolute atomic E-state index is 12.1.